The number of amides is 1. The summed E-state index contributed by atoms with van der Waals surface area (Å²) in [5.74, 6) is 2.17. The summed E-state index contributed by atoms with van der Waals surface area (Å²) in [6.45, 7) is 1.15. The number of anilines is 1. The molecule has 0 bridgehead atoms. The Kier molecular flexibility index (Phi) is 7.05. The largest absolute Gasteiger partial charge is 0.497 e. The van der Waals surface area contributed by atoms with E-state index in [1.54, 1.807) is 32.5 Å². The van der Waals surface area contributed by atoms with Crippen LogP contribution in [0.4, 0.5) is 5.82 Å². The first-order chi connectivity index (χ1) is 14.2. The lowest BCUT2D eigenvalue weighted by Crippen LogP contribution is -2.25. The van der Waals surface area contributed by atoms with E-state index in [-0.39, 0.29) is 5.91 Å². The highest BCUT2D eigenvalue weighted by Crippen LogP contribution is 2.14. The predicted molar refractivity (Wildman–Crippen MR) is 114 cm³/mol. The summed E-state index contributed by atoms with van der Waals surface area (Å²) < 4.78 is 10.4. The number of nitrogens with one attached hydrogen (secondary N) is 2. The number of aromatic nitrogens is 1. The molecule has 29 heavy (non-hydrogen) atoms. The Morgan fingerprint density at radius 2 is 1.72 bits per heavy atom. The van der Waals surface area contributed by atoms with E-state index in [1.165, 1.54) is 0 Å². The highest BCUT2D eigenvalue weighted by atomic mass is 16.5. The second-order valence-corrected chi connectivity index (χ2v) is 6.49. The molecule has 3 aromatic rings. The van der Waals surface area contributed by atoms with Gasteiger partial charge in [-0.25, -0.2) is 4.98 Å². The number of benzene rings is 2. The maximum Gasteiger partial charge on any atom is 0.251 e. The molecule has 0 saturated carbocycles. The molecule has 1 amide bonds. The standard InChI is InChI=1S/C23H25N3O3/c1-28-20-8-6-18(7-9-20)16-26-22-15-19(11-13-24-22)23(27)25-12-10-17-4-3-5-21(14-17)29-2/h3-9,11,13-15H,10,12,16H2,1-2H3,(H,24,26)(H,25,27). The Morgan fingerprint density at radius 1 is 0.931 bits per heavy atom. The third kappa shape index (κ3) is 5.97. The van der Waals surface area contributed by atoms with E-state index in [0.29, 0.717) is 24.5 Å². The van der Waals surface area contributed by atoms with Crippen molar-refractivity contribution < 1.29 is 14.3 Å². The number of rotatable bonds is 9. The molecule has 0 aliphatic heterocycles. The van der Waals surface area contributed by atoms with Gasteiger partial charge in [0.05, 0.1) is 14.2 Å². The Morgan fingerprint density at radius 3 is 2.48 bits per heavy atom. The summed E-state index contributed by atoms with van der Waals surface area (Å²) in [4.78, 5) is 16.7. The monoisotopic (exact) mass is 391 g/mol. The van der Waals surface area contributed by atoms with Crippen molar-refractivity contribution in [2.24, 2.45) is 0 Å². The third-order valence-corrected chi connectivity index (χ3v) is 4.49. The number of carbonyl (C=O) groups is 1. The van der Waals surface area contributed by atoms with Crippen molar-refractivity contribution in [3.8, 4) is 11.5 Å². The summed E-state index contributed by atoms with van der Waals surface area (Å²) in [6, 6.07) is 19.1. The number of pyridine rings is 1. The number of carbonyl (C=O) groups excluding carboxylic acids is 1. The molecule has 2 aromatic carbocycles. The number of ether oxygens (including phenoxy) is 2. The minimum absolute atomic E-state index is 0.122. The average Bonchev–Trinajstić information content (AvgIpc) is 2.78. The molecule has 0 spiro atoms. The van der Waals surface area contributed by atoms with Gasteiger partial charge in [-0.2, -0.15) is 0 Å². The van der Waals surface area contributed by atoms with Crippen molar-refractivity contribution in [3.05, 3.63) is 83.6 Å². The van der Waals surface area contributed by atoms with Gasteiger partial charge in [0.1, 0.15) is 17.3 Å². The van der Waals surface area contributed by atoms with Crippen LogP contribution in [0.3, 0.4) is 0 Å². The van der Waals surface area contributed by atoms with Gasteiger partial charge >= 0.3 is 0 Å². The molecule has 0 saturated heterocycles. The van der Waals surface area contributed by atoms with E-state index in [4.69, 9.17) is 9.47 Å². The van der Waals surface area contributed by atoms with E-state index in [2.05, 4.69) is 15.6 Å². The first-order valence-electron chi connectivity index (χ1n) is 9.42. The lowest BCUT2D eigenvalue weighted by atomic mass is 10.1. The predicted octanol–water partition coefficient (Wildman–Crippen LogP) is 3.68. The maximum atomic E-state index is 12.4. The van der Waals surface area contributed by atoms with E-state index in [0.717, 1.165) is 29.0 Å². The highest BCUT2D eigenvalue weighted by molar-refractivity contribution is 5.94. The summed E-state index contributed by atoms with van der Waals surface area (Å²) in [5, 5.41) is 6.19. The van der Waals surface area contributed by atoms with Gasteiger partial charge in [-0.05, 0) is 53.9 Å². The van der Waals surface area contributed by atoms with Crippen LogP contribution in [-0.4, -0.2) is 31.7 Å². The van der Waals surface area contributed by atoms with Crippen molar-refractivity contribution >= 4 is 11.7 Å². The van der Waals surface area contributed by atoms with Crippen LogP contribution in [0.5, 0.6) is 11.5 Å². The van der Waals surface area contributed by atoms with Crippen molar-refractivity contribution in [2.45, 2.75) is 13.0 Å². The van der Waals surface area contributed by atoms with Gasteiger partial charge in [-0.15, -0.1) is 0 Å². The Hall–Kier alpha value is -3.54. The fourth-order valence-electron chi connectivity index (χ4n) is 2.85. The van der Waals surface area contributed by atoms with Crippen molar-refractivity contribution in [1.82, 2.24) is 10.3 Å². The van der Waals surface area contributed by atoms with Crippen LogP contribution in [0.1, 0.15) is 21.5 Å². The fraction of sp³-hybridized carbons (Fsp3) is 0.217. The van der Waals surface area contributed by atoms with E-state index < -0.39 is 0 Å². The van der Waals surface area contributed by atoms with Gasteiger partial charge < -0.3 is 20.1 Å². The molecule has 6 heteroatoms. The molecule has 3 rings (SSSR count). The molecule has 0 aliphatic rings. The van der Waals surface area contributed by atoms with E-state index in [1.807, 2.05) is 48.5 Å². The van der Waals surface area contributed by atoms with Gasteiger partial charge in [0, 0.05) is 24.8 Å². The smallest absolute Gasteiger partial charge is 0.251 e. The lowest BCUT2D eigenvalue weighted by Gasteiger charge is -2.09. The number of methoxy groups -OCH3 is 2. The van der Waals surface area contributed by atoms with Crippen LogP contribution in [0.15, 0.2) is 66.9 Å². The molecule has 0 aliphatic carbocycles. The summed E-state index contributed by atoms with van der Waals surface area (Å²) >= 11 is 0. The van der Waals surface area contributed by atoms with Crippen LogP contribution in [0, 0.1) is 0 Å². The maximum absolute atomic E-state index is 12.4. The zero-order chi connectivity index (χ0) is 20.5. The van der Waals surface area contributed by atoms with Gasteiger partial charge in [-0.3, -0.25) is 4.79 Å². The number of hydrogen-bond donors (Lipinski definition) is 2. The number of nitrogens with zero attached hydrogens (tertiary/aromatic N) is 1. The average molecular weight is 391 g/mol. The van der Waals surface area contributed by atoms with Gasteiger partial charge in [0.15, 0.2) is 0 Å². The van der Waals surface area contributed by atoms with Crippen molar-refractivity contribution in [2.75, 3.05) is 26.1 Å². The molecular formula is C23H25N3O3. The zero-order valence-electron chi connectivity index (χ0n) is 16.6. The molecule has 0 radical (unpaired) electrons. The lowest BCUT2D eigenvalue weighted by molar-refractivity contribution is 0.0954. The molecule has 6 nitrogen and oxygen atoms in total. The minimum atomic E-state index is -0.122. The molecule has 2 N–H and O–H groups in total. The van der Waals surface area contributed by atoms with Crippen LogP contribution >= 0.6 is 0 Å². The molecule has 0 atom stereocenters. The molecular weight excluding hydrogens is 366 g/mol. The zero-order valence-corrected chi connectivity index (χ0v) is 16.6. The molecule has 0 fully saturated rings. The van der Waals surface area contributed by atoms with Crippen molar-refractivity contribution in [3.63, 3.8) is 0 Å². The normalized spacial score (nSPS) is 10.3. The van der Waals surface area contributed by atoms with E-state index in [9.17, 15) is 4.79 Å². The minimum Gasteiger partial charge on any atom is -0.497 e. The molecule has 1 heterocycles. The quantitative estimate of drug-likeness (QED) is 0.582. The first kappa shape index (κ1) is 20.2. The fourth-order valence-corrected chi connectivity index (χ4v) is 2.85. The van der Waals surface area contributed by atoms with Crippen LogP contribution < -0.4 is 20.1 Å². The van der Waals surface area contributed by atoms with Gasteiger partial charge in [0.25, 0.3) is 5.91 Å². The SMILES string of the molecule is COc1ccc(CNc2cc(C(=O)NCCc3cccc(OC)c3)ccn2)cc1. The highest BCUT2D eigenvalue weighted by Gasteiger charge is 2.07. The summed E-state index contributed by atoms with van der Waals surface area (Å²) in [7, 11) is 3.29. The summed E-state index contributed by atoms with van der Waals surface area (Å²) in [5.41, 5.74) is 2.78. The van der Waals surface area contributed by atoms with E-state index >= 15 is 0 Å². The Labute approximate surface area is 170 Å². The van der Waals surface area contributed by atoms with Crippen LogP contribution in [0.25, 0.3) is 0 Å². The van der Waals surface area contributed by atoms with Crippen LogP contribution in [-0.2, 0) is 13.0 Å². The van der Waals surface area contributed by atoms with Gasteiger partial charge in [-0.1, -0.05) is 24.3 Å². The topological polar surface area (TPSA) is 72.5 Å². The third-order valence-electron chi connectivity index (χ3n) is 4.49. The Balaban J connectivity index is 1.51. The second kappa shape index (κ2) is 10.1. The molecule has 150 valence electrons. The summed E-state index contributed by atoms with van der Waals surface area (Å²) in [6.07, 6.45) is 2.37. The Bertz CT molecular complexity index is 942. The van der Waals surface area contributed by atoms with Crippen molar-refractivity contribution in [1.29, 1.82) is 0 Å². The van der Waals surface area contributed by atoms with Crippen LogP contribution in [0.2, 0.25) is 0 Å². The first-order valence-corrected chi connectivity index (χ1v) is 9.42. The van der Waals surface area contributed by atoms with Gasteiger partial charge in [0.2, 0.25) is 0 Å². The molecule has 0 unspecified atom stereocenters. The molecule has 1 aromatic heterocycles. The second-order valence-electron chi connectivity index (χ2n) is 6.49. The number of hydrogen-bond acceptors (Lipinski definition) is 5.